The second kappa shape index (κ2) is 10.3. The van der Waals surface area contributed by atoms with Gasteiger partial charge in [-0.3, -0.25) is 0 Å². The Hall–Kier alpha value is -0.480. The third kappa shape index (κ3) is 5.12. The third-order valence-electron chi connectivity index (χ3n) is 4.57. The van der Waals surface area contributed by atoms with Crippen molar-refractivity contribution in [1.29, 1.82) is 0 Å². The summed E-state index contributed by atoms with van der Waals surface area (Å²) in [4.78, 5) is 0. The van der Waals surface area contributed by atoms with E-state index in [0.717, 1.165) is 0 Å². The topological polar surface area (TPSA) is 199 Å². The van der Waals surface area contributed by atoms with Crippen LogP contribution < -0.4 is 0 Å². The van der Waals surface area contributed by atoms with Crippen LogP contribution in [0.4, 0.5) is 0 Å². The summed E-state index contributed by atoms with van der Waals surface area (Å²) in [7, 11) is 0. The Kier molecular flexibility index (Phi) is 8.73. The zero-order valence-corrected chi connectivity index (χ0v) is 14.5. The van der Waals surface area contributed by atoms with Gasteiger partial charge in [-0.25, -0.2) is 0 Å². The van der Waals surface area contributed by atoms with Gasteiger partial charge in [-0.15, -0.1) is 0 Å². The predicted octanol–water partition coefficient (Wildman–Crippen LogP) is -4.99. The van der Waals surface area contributed by atoms with Crippen LogP contribution in [-0.4, -0.2) is 129 Å². The Morgan fingerprint density at radius 2 is 1.37 bits per heavy atom. The van der Waals surface area contributed by atoms with Crippen molar-refractivity contribution in [2.24, 2.45) is 0 Å². The number of aliphatic hydroxyl groups excluding tert-OH is 8. The molecule has 8 N–H and O–H groups in total. The SMILES string of the molecule is OCCCO[C@@H]1[C@@H](O)[C@@H](O[C@H]2[C@H](O)[C@@H](O)[C@H](O)O[C@@H]2CO)O[C@H](CO)[C@H]1O. The highest BCUT2D eigenvalue weighted by Crippen LogP contribution is 2.29. The lowest BCUT2D eigenvalue weighted by molar-refractivity contribution is -0.357. The molecule has 0 aromatic rings. The summed E-state index contributed by atoms with van der Waals surface area (Å²) in [5, 5.41) is 77.6. The van der Waals surface area contributed by atoms with Gasteiger partial charge >= 0.3 is 0 Å². The molecule has 2 aliphatic heterocycles. The Morgan fingerprint density at radius 1 is 0.704 bits per heavy atom. The van der Waals surface area contributed by atoms with Gasteiger partial charge in [0.25, 0.3) is 0 Å². The summed E-state index contributed by atoms with van der Waals surface area (Å²) in [6.45, 7) is -1.44. The summed E-state index contributed by atoms with van der Waals surface area (Å²) in [6, 6.07) is 0. The van der Waals surface area contributed by atoms with Gasteiger partial charge in [0.2, 0.25) is 0 Å². The quantitative estimate of drug-likeness (QED) is 0.181. The van der Waals surface area contributed by atoms with Crippen LogP contribution in [0.25, 0.3) is 0 Å². The van der Waals surface area contributed by atoms with Gasteiger partial charge in [0, 0.05) is 13.2 Å². The molecule has 0 aliphatic carbocycles. The molecule has 0 aromatic heterocycles. The first-order chi connectivity index (χ1) is 12.8. The molecule has 0 radical (unpaired) electrons. The van der Waals surface area contributed by atoms with E-state index in [0.29, 0.717) is 0 Å². The molecular formula is C15H28O12. The van der Waals surface area contributed by atoms with E-state index in [1.54, 1.807) is 0 Å². The first-order valence-electron chi connectivity index (χ1n) is 8.66. The molecule has 0 saturated carbocycles. The van der Waals surface area contributed by atoms with E-state index >= 15 is 0 Å². The minimum absolute atomic E-state index is 0.0134. The van der Waals surface area contributed by atoms with Crippen molar-refractivity contribution in [3.63, 3.8) is 0 Å². The zero-order chi connectivity index (χ0) is 20.1. The maximum absolute atomic E-state index is 10.4. The second-order valence-electron chi connectivity index (χ2n) is 6.45. The number of hydrogen-bond acceptors (Lipinski definition) is 12. The smallest absolute Gasteiger partial charge is 0.187 e. The molecule has 2 heterocycles. The fraction of sp³-hybridized carbons (Fsp3) is 1.00. The fourth-order valence-electron chi connectivity index (χ4n) is 3.04. The lowest BCUT2D eigenvalue weighted by Gasteiger charge is -2.46. The molecule has 12 heteroatoms. The van der Waals surface area contributed by atoms with Crippen LogP contribution in [0.5, 0.6) is 0 Å². The number of aliphatic hydroxyl groups is 8. The molecule has 2 rings (SSSR count). The summed E-state index contributed by atoms with van der Waals surface area (Å²) in [6.07, 6.45) is -14.4. The molecule has 0 spiro atoms. The van der Waals surface area contributed by atoms with Gasteiger partial charge in [-0.2, -0.15) is 0 Å². The molecule has 2 aliphatic rings. The molecule has 2 saturated heterocycles. The van der Waals surface area contributed by atoms with Crippen molar-refractivity contribution in [3.05, 3.63) is 0 Å². The standard InChI is InChI=1S/C15H28O12/c16-2-1-3-24-13-8(19)6(4-17)26-15(11(13)22)27-12-7(5-18)25-14(23)10(21)9(12)20/h6-23H,1-5H2/t6-,7-,8-,9-,10-,11-,12-,13+,14-,15-/m1/s1. The van der Waals surface area contributed by atoms with Crippen LogP contribution in [-0.2, 0) is 18.9 Å². The van der Waals surface area contributed by atoms with Crippen molar-refractivity contribution in [2.45, 2.75) is 67.8 Å². The van der Waals surface area contributed by atoms with E-state index in [-0.39, 0.29) is 19.6 Å². The van der Waals surface area contributed by atoms with Crippen molar-refractivity contribution >= 4 is 0 Å². The molecule has 10 atom stereocenters. The average Bonchev–Trinajstić information content (AvgIpc) is 2.66. The minimum Gasteiger partial charge on any atom is -0.396 e. The zero-order valence-electron chi connectivity index (χ0n) is 14.5. The Bertz CT molecular complexity index is 437. The van der Waals surface area contributed by atoms with Crippen molar-refractivity contribution in [3.8, 4) is 0 Å². The number of ether oxygens (including phenoxy) is 4. The molecule has 0 bridgehead atoms. The average molecular weight is 400 g/mol. The fourth-order valence-corrected chi connectivity index (χ4v) is 3.04. The largest absolute Gasteiger partial charge is 0.396 e. The van der Waals surface area contributed by atoms with Crippen molar-refractivity contribution in [2.75, 3.05) is 26.4 Å². The first kappa shape index (κ1) is 22.8. The van der Waals surface area contributed by atoms with Gasteiger partial charge < -0.3 is 59.8 Å². The highest BCUT2D eigenvalue weighted by molar-refractivity contribution is 4.94. The van der Waals surface area contributed by atoms with E-state index in [2.05, 4.69) is 0 Å². The monoisotopic (exact) mass is 400 g/mol. The van der Waals surface area contributed by atoms with Gasteiger partial charge in [-0.05, 0) is 6.42 Å². The first-order valence-corrected chi connectivity index (χ1v) is 8.66. The van der Waals surface area contributed by atoms with Gasteiger partial charge in [0.1, 0.15) is 48.8 Å². The van der Waals surface area contributed by atoms with Crippen LogP contribution >= 0.6 is 0 Å². The summed E-state index contributed by atoms with van der Waals surface area (Å²) in [5.74, 6) is 0. The lowest BCUT2D eigenvalue weighted by Crippen LogP contribution is -2.64. The highest BCUT2D eigenvalue weighted by atomic mass is 16.7. The molecule has 12 nitrogen and oxygen atoms in total. The predicted molar refractivity (Wildman–Crippen MR) is 84.1 cm³/mol. The van der Waals surface area contributed by atoms with E-state index in [4.69, 9.17) is 24.1 Å². The second-order valence-corrected chi connectivity index (χ2v) is 6.45. The van der Waals surface area contributed by atoms with Gasteiger partial charge in [-0.1, -0.05) is 0 Å². The minimum atomic E-state index is -1.74. The maximum Gasteiger partial charge on any atom is 0.187 e. The maximum atomic E-state index is 10.4. The molecule has 2 fully saturated rings. The molecule has 0 amide bonds. The van der Waals surface area contributed by atoms with Crippen LogP contribution in [0.1, 0.15) is 6.42 Å². The third-order valence-corrected chi connectivity index (χ3v) is 4.57. The van der Waals surface area contributed by atoms with Crippen LogP contribution in [0.15, 0.2) is 0 Å². The van der Waals surface area contributed by atoms with E-state index in [1.807, 2.05) is 0 Å². The molecule has 0 aromatic carbocycles. The van der Waals surface area contributed by atoms with E-state index < -0.39 is 74.6 Å². The molecule has 0 unspecified atom stereocenters. The Labute approximate surface area is 155 Å². The lowest BCUT2D eigenvalue weighted by atomic mass is 9.97. The molecular weight excluding hydrogens is 372 g/mol. The summed E-state index contributed by atoms with van der Waals surface area (Å²) >= 11 is 0. The van der Waals surface area contributed by atoms with Crippen LogP contribution in [0.2, 0.25) is 0 Å². The highest BCUT2D eigenvalue weighted by Gasteiger charge is 2.50. The normalized spacial score (nSPS) is 45.8. The van der Waals surface area contributed by atoms with Crippen LogP contribution in [0.3, 0.4) is 0 Å². The van der Waals surface area contributed by atoms with Gasteiger partial charge in [0.05, 0.1) is 13.2 Å². The summed E-state index contributed by atoms with van der Waals surface area (Å²) < 4.78 is 21.1. The summed E-state index contributed by atoms with van der Waals surface area (Å²) in [5.41, 5.74) is 0. The van der Waals surface area contributed by atoms with Crippen LogP contribution in [0, 0.1) is 0 Å². The van der Waals surface area contributed by atoms with Crippen molar-refractivity contribution in [1.82, 2.24) is 0 Å². The van der Waals surface area contributed by atoms with E-state index in [9.17, 15) is 35.7 Å². The van der Waals surface area contributed by atoms with E-state index in [1.165, 1.54) is 0 Å². The number of rotatable bonds is 8. The Balaban J connectivity index is 2.12. The Morgan fingerprint density at radius 3 is 1.96 bits per heavy atom. The van der Waals surface area contributed by atoms with Gasteiger partial charge in [0.15, 0.2) is 12.6 Å². The molecule has 160 valence electrons. The number of hydrogen-bond donors (Lipinski definition) is 8. The van der Waals surface area contributed by atoms with Crippen molar-refractivity contribution < 1.29 is 59.8 Å². The molecule has 27 heavy (non-hydrogen) atoms.